The second-order valence-corrected chi connectivity index (χ2v) is 9.71. The van der Waals surface area contributed by atoms with Gasteiger partial charge in [-0.25, -0.2) is 0 Å². The van der Waals surface area contributed by atoms with Crippen molar-refractivity contribution in [2.75, 3.05) is 0 Å². The van der Waals surface area contributed by atoms with Gasteiger partial charge in [-0.3, -0.25) is 0 Å². The molecule has 0 bridgehead atoms. The Bertz CT molecular complexity index is 452. The van der Waals surface area contributed by atoms with E-state index < -0.39 is 8.07 Å². The van der Waals surface area contributed by atoms with E-state index in [0.29, 0.717) is 0 Å². The highest BCUT2D eigenvalue weighted by molar-refractivity contribution is 6.97. The van der Waals surface area contributed by atoms with Crippen LogP contribution in [0.1, 0.15) is 31.7 Å². The van der Waals surface area contributed by atoms with E-state index >= 15 is 0 Å². The minimum atomic E-state index is -1.42. The minimum Gasteiger partial charge on any atom is -0.0849 e. The van der Waals surface area contributed by atoms with Crippen molar-refractivity contribution in [3.63, 3.8) is 0 Å². The summed E-state index contributed by atoms with van der Waals surface area (Å²) >= 11 is 0. The summed E-state index contributed by atoms with van der Waals surface area (Å²) in [5, 5.41) is 3.19. The van der Waals surface area contributed by atoms with Crippen LogP contribution in [0.2, 0.25) is 13.1 Å². The summed E-state index contributed by atoms with van der Waals surface area (Å²) in [4.78, 5) is 0. The van der Waals surface area contributed by atoms with Crippen LogP contribution in [-0.2, 0) is 0 Å². The van der Waals surface area contributed by atoms with Crippen molar-refractivity contribution in [3.8, 4) is 0 Å². The molecule has 0 nitrogen and oxygen atoms in total. The van der Waals surface area contributed by atoms with E-state index in [0.717, 1.165) is 0 Å². The first-order chi connectivity index (χ1) is 8.16. The molecule has 1 aliphatic heterocycles. The van der Waals surface area contributed by atoms with E-state index in [9.17, 15) is 0 Å². The SMILES string of the molecule is CCCC/C=C1/C=Cc2ccccc2[Si]1(C)C. The molecule has 0 saturated heterocycles. The fourth-order valence-electron chi connectivity index (χ4n) is 2.54. The molecular weight excluding hydrogens is 220 g/mol. The topological polar surface area (TPSA) is 0 Å². The first-order valence-electron chi connectivity index (χ1n) is 6.64. The smallest absolute Gasteiger partial charge is 0.0849 e. The normalized spacial score (nSPS) is 19.4. The van der Waals surface area contributed by atoms with Gasteiger partial charge in [-0.05, 0) is 17.2 Å². The molecule has 0 atom stereocenters. The average molecular weight is 242 g/mol. The molecule has 0 spiro atoms. The maximum Gasteiger partial charge on any atom is 0.112 e. The van der Waals surface area contributed by atoms with E-state index in [1.165, 1.54) is 24.8 Å². The fourth-order valence-corrected chi connectivity index (χ4v) is 5.41. The van der Waals surface area contributed by atoms with Crippen LogP contribution in [0, 0.1) is 0 Å². The van der Waals surface area contributed by atoms with E-state index in [2.05, 4.69) is 62.5 Å². The minimum absolute atomic E-state index is 1.23. The van der Waals surface area contributed by atoms with Crippen molar-refractivity contribution in [2.45, 2.75) is 39.3 Å². The lowest BCUT2D eigenvalue weighted by Gasteiger charge is -2.30. The molecule has 2 rings (SSSR count). The summed E-state index contributed by atoms with van der Waals surface area (Å²) < 4.78 is 0. The number of allylic oxidation sites excluding steroid dienone is 3. The summed E-state index contributed by atoms with van der Waals surface area (Å²) in [5.74, 6) is 0. The highest BCUT2D eigenvalue weighted by Gasteiger charge is 2.30. The highest BCUT2D eigenvalue weighted by Crippen LogP contribution is 2.24. The van der Waals surface area contributed by atoms with Gasteiger partial charge in [0.2, 0.25) is 0 Å². The predicted molar refractivity (Wildman–Crippen MR) is 80.2 cm³/mol. The van der Waals surface area contributed by atoms with Crippen molar-refractivity contribution in [2.24, 2.45) is 0 Å². The Morgan fingerprint density at radius 3 is 2.65 bits per heavy atom. The Hall–Kier alpha value is -1.08. The van der Waals surface area contributed by atoms with Gasteiger partial charge in [0, 0.05) is 0 Å². The summed E-state index contributed by atoms with van der Waals surface area (Å²) in [5.41, 5.74) is 1.43. The molecule has 0 N–H and O–H groups in total. The van der Waals surface area contributed by atoms with Gasteiger partial charge in [-0.1, -0.05) is 80.5 Å². The molecule has 0 radical (unpaired) electrons. The molecular formula is C16H22Si. The van der Waals surface area contributed by atoms with E-state index in [-0.39, 0.29) is 0 Å². The van der Waals surface area contributed by atoms with Crippen molar-refractivity contribution in [3.05, 3.63) is 47.2 Å². The predicted octanol–water partition coefficient (Wildman–Crippen LogP) is 4.28. The van der Waals surface area contributed by atoms with Crippen LogP contribution in [0.5, 0.6) is 0 Å². The summed E-state index contributed by atoms with van der Waals surface area (Å²) in [7, 11) is -1.42. The lowest BCUT2D eigenvalue weighted by molar-refractivity contribution is 0.814. The quantitative estimate of drug-likeness (QED) is 0.548. The molecule has 0 aliphatic carbocycles. The van der Waals surface area contributed by atoms with Gasteiger partial charge in [0.05, 0.1) is 0 Å². The molecule has 0 fully saturated rings. The zero-order valence-corrected chi connectivity index (χ0v) is 12.2. The van der Waals surface area contributed by atoms with Crippen LogP contribution in [0.25, 0.3) is 6.08 Å². The zero-order chi connectivity index (χ0) is 12.3. The van der Waals surface area contributed by atoms with Crippen LogP contribution in [0.4, 0.5) is 0 Å². The van der Waals surface area contributed by atoms with Crippen LogP contribution < -0.4 is 5.19 Å². The van der Waals surface area contributed by atoms with E-state index in [1.54, 1.807) is 10.4 Å². The third kappa shape index (κ3) is 2.44. The third-order valence-electron chi connectivity index (χ3n) is 3.72. The Balaban J connectivity index is 2.33. The van der Waals surface area contributed by atoms with Gasteiger partial charge >= 0.3 is 0 Å². The van der Waals surface area contributed by atoms with Gasteiger partial charge in [0.15, 0.2) is 0 Å². The number of unbranched alkanes of at least 4 members (excludes halogenated alkanes) is 2. The molecule has 1 heteroatoms. The number of hydrogen-bond acceptors (Lipinski definition) is 0. The van der Waals surface area contributed by atoms with Gasteiger partial charge in [0.25, 0.3) is 0 Å². The van der Waals surface area contributed by atoms with Gasteiger partial charge in [0.1, 0.15) is 8.07 Å². The van der Waals surface area contributed by atoms with Crippen molar-refractivity contribution in [1.29, 1.82) is 0 Å². The lowest BCUT2D eigenvalue weighted by Crippen LogP contribution is -2.46. The van der Waals surface area contributed by atoms with Crippen molar-refractivity contribution in [1.82, 2.24) is 0 Å². The lowest BCUT2D eigenvalue weighted by atomic mass is 10.2. The van der Waals surface area contributed by atoms with Crippen LogP contribution in [0.15, 0.2) is 41.6 Å². The maximum atomic E-state index is 2.47. The van der Waals surface area contributed by atoms with E-state index in [4.69, 9.17) is 0 Å². The fraction of sp³-hybridized carbons (Fsp3) is 0.375. The van der Waals surface area contributed by atoms with Gasteiger partial charge in [-0.15, -0.1) is 0 Å². The molecule has 0 saturated carbocycles. The van der Waals surface area contributed by atoms with Gasteiger partial charge in [-0.2, -0.15) is 0 Å². The zero-order valence-electron chi connectivity index (χ0n) is 11.2. The standard InChI is InChI=1S/C16H22Si/c1-4-5-6-10-15-13-12-14-9-7-8-11-16(14)17(15,2)3/h7-13H,4-6H2,1-3H3/b15-10-. The Kier molecular flexibility index (Phi) is 3.68. The van der Waals surface area contributed by atoms with E-state index in [1.807, 2.05) is 0 Å². The first kappa shape index (κ1) is 12.4. The van der Waals surface area contributed by atoms with Crippen molar-refractivity contribution >= 4 is 19.3 Å². The molecule has 1 heterocycles. The molecule has 1 aromatic rings. The van der Waals surface area contributed by atoms with Crippen LogP contribution in [0.3, 0.4) is 0 Å². The van der Waals surface area contributed by atoms with Crippen molar-refractivity contribution < 1.29 is 0 Å². The number of hydrogen-bond donors (Lipinski definition) is 0. The third-order valence-corrected chi connectivity index (χ3v) is 7.34. The molecule has 0 aromatic heterocycles. The first-order valence-corrected chi connectivity index (χ1v) is 9.64. The summed E-state index contributed by atoms with van der Waals surface area (Å²) in [6, 6.07) is 8.87. The molecule has 0 amide bonds. The monoisotopic (exact) mass is 242 g/mol. The highest BCUT2D eigenvalue weighted by atomic mass is 28.3. The summed E-state index contributed by atoms with van der Waals surface area (Å²) in [6.45, 7) is 7.19. The molecule has 90 valence electrons. The van der Waals surface area contributed by atoms with Crippen LogP contribution >= 0.6 is 0 Å². The Morgan fingerprint density at radius 1 is 1.12 bits per heavy atom. The number of benzene rings is 1. The number of rotatable bonds is 3. The second kappa shape index (κ2) is 5.05. The average Bonchev–Trinajstić information content (AvgIpc) is 2.32. The number of fused-ring (bicyclic) bond motifs is 1. The molecule has 17 heavy (non-hydrogen) atoms. The largest absolute Gasteiger partial charge is 0.112 e. The van der Waals surface area contributed by atoms with Crippen LogP contribution in [-0.4, -0.2) is 8.07 Å². The summed E-state index contributed by atoms with van der Waals surface area (Å²) in [6.07, 6.45) is 10.9. The maximum absolute atomic E-state index is 2.47. The second-order valence-electron chi connectivity index (χ2n) is 5.35. The Morgan fingerprint density at radius 2 is 1.88 bits per heavy atom. The van der Waals surface area contributed by atoms with Gasteiger partial charge < -0.3 is 0 Å². The molecule has 1 aliphatic rings. The molecule has 0 unspecified atom stereocenters. The molecule has 1 aromatic carbocycles. The Labute approximate surface area is 106 Å².